The van der Waals surface area contributed by atoms with Crippen molar-refractivity contribution in [3.8, 4) is 114 Å². The van der Waals surface area contributed by atoms with Gasteiger partial charge in [-0.15, -0.1) is 0 Å². The van der Waals surface area contributed by atoms with Gasteiger partial charge in [0.25, 0.3) is 0 Å². The Labute approximate surface area is 773 Å². The smallest absolute Gasteiger partial charge is 0.204 e. The largest absolute Gasteiger partial charge is 0.504 e. The standard InChI is InChI=1S/C22H24N2O4.3C22H23NO4.C20H19NO4/c1-23(2)15-9-11-24(12-10-15)16-5-3-14(4-6-16)20-13-19(26)17-7-8-18(25)21(27)22(17)28-20;1-13-9-14(2)12-23(11-13)16-5-3-15(4-6-16)20-10-19(25)17-7-8-18(24)21(26)22(17)27-20;1-22(2)9-11-23(12-10-22)15-5-3-14(4-6-15)19-13-18(25)16-7-8-17(24)20(26)21(16)27-19;1-25-19-11-10-17-18(24)14-20(27-21(17)22(19)26-2)15-6-8-16(9-7-15)23-12-4-3-5-13-23;22-16-9-8-15-17(23)12-18(25-20(15)19(16)24)13-4-6-14(7-5-13)21-10-2-1-3-11-21/h3-8,13,15,25,27H,9-12H2,1-2H3;3-8,10,13-14,24,26H,9,11-12H2,1-2H3;3-8,13,24,26H,9-12H2,1-2H3;6-11,14H,3-5,12-13H2,1-2H3;4-9,12,22,24H,1-3,10-11H2. The third-order valence-corrected chi connectivity index (χ3v) is 26.1. The Balaban J connectivity index is 0.000000122. The van der Waals surface area contributed by atoms with Crippen molar-refractivity contribution in [3.05, 3.63) is 263 Å². The van der Waals surface area contributed by atoms with Crippen molar-refractivity contribution in [1.29, 1.82) is 0 Å². The van der Waals surface area contributed by atoms with E-state index in [1.165, 1.54) is 137 Å². The fourth-order valence-corrected chi connectivity index (χ4v) is 18.4. The van der Waals surface area contributed by atoms with Crippen molar-refractivity contribution in [2.75, 3.05) is 118 Å². The molecular weight excluding hydrogens is 1700 g/mol. The number of fused-ring (bicyclic) bond motifs is 5. The van der Waals surface area contributed by atoms with Gasteiger partial charge in [0.1, 0.15) is 28.8 Å². The highest BCUT2D eigenvalue weighted by molar-refractivity contribution is 5.91. The van der Waals surface area contributed by atoms with E-state index in [0.717, 1.165) is 142 Å². The number of benzene rings is 10. The van der Waals surface area contributed by atoms with E-state index in [9.17, 15) is 64.8 Å². The van der Waals surface area contributed by atoms with Gasteiger partial charge in [-0.05, 0) is 284 Å². The molecule has 5 fully saturated rings. The molecule has 5 saturated heterocycles. The monoisotopic (exact) mass is 1810 g/mol. The maximum atomic E-state index is 12.6. The molecule has 5 aliphatic heterocycles. The molecule has 26 nitrogen and oxygen atoms in total. The van der Waals surface area contributed by atoms with Gasteiger partial charge in [-0.25, -0.2) is 0 Å². The highest BCUT2D eigenvalue weighted by atomic mass is 16.5. The first-order chi connectivity index (χ1) is 64.5. The van der Waals surface area contributed by atoms with Crippen LogP contribution in [-0.4, -0.2) is 146 Å². The quantitative estimate of drug-likeness (QED) is 0.0497. The Morgan fingerprint density at radius 2 is 0.582 bits per heavy atom. The second-order valence-electron chi connectivity index (χ2n) is 36.3. The minimum Gasteiger partial charge on any atom is -0.504 e. The summed E-state index contributed by atoms with van der Waals surface area (Å²) >= 11 is 0. The average Bonchev–Trinajstić information content (AvgIpc) is 0.796. The van der Waals surface area contributed by atoms with E-state index in [2.05, 4.69) is 83.3 Å². The Morgan fingerprint density at radius 3 is 0.866 bits per heavy atom. The third kappa shape index (κ3) is 20.5. The second kappa shape index (κ2) is 40.1. The zero-order valence-corrected chi connectivity index (χ0v) is 76.4. The highest BCUT2D eigenvalue weighted by Gasteiger charge is 2.29. The van der Waals surface area contributed by atoms with Gasteiger partial charge in [-0.1, -0.05) is 27.7 Å². The summed E-state index contributed by atoms with van der Waals surface area (Å²) < 4.78 is 39.7. The Kier molecular flexibility index (Phi) is 27.7. The molecule has 2 unspecified atom stereocenters. The van der Waals surface area contributed by atoms with E-state index in [0.29, 0.717) is 74.6 Å². The number of methoxy groups -OCH3 is 2. The first-order valence-corrected chi connectivity index (χ1v) is 45.6. The van der Waals surface area contributed by atoms with E-state index in [1.54, 1.807) is 19.2 Å². The average molecular weight is 1810 g/mol. The summed E-state index contributed by atoms with van der Waals surface area (Å²) in [4.78, 5) is 76.1. The molecular formula is C108H112N6O20. The minimum atomic E-state index is -0.420. The molecule has 20 rings (SSSR count). The van der Waals surface area contributed by atoms with Crippen molar-refractivity contribution < 1.29 is 72.4 Å². The topological polar surface area (TPSA) is 351 Å². The van der Waals surface area contributed by atoms with Gasteiger partial charge in [0.15, 0.2) is 83.8 Å². The Hall–Kier alpha value is -14.8. The number of rotatable bonds is 13. The van der Waals surface area contributed by atoms with Gasteiger partial charge in [0, 0.05) is 158 Å². The molecule has 10 heterocycles. The number of ether oxygens (including phenoxy) is 2. The van der Waals surface area contributed by atoms with E-state index >= 15 is 0 Å². The lowest BCUT2D eigenvalue weighted by Crippen LogP contribution is -2.41. The van der Waals surface area contributed by atoms with Gasteiger partial charge >= 0.3 is 0 Å². The van der Waals surface area contributed by atoms with E-state index in [4.69, 9.17) is 31.6 Å². The van der Waals surface area contributed by atoms with Crippen molar-refractivity contribution in [1.82, 2.24) is 4.90 Å². The molecule has 0 aliphatic carbocycles. The summed E-state index contributed by atoms with van der Waals surface area (Å²) in [6, 6.07) is 61.9. The van der Waals surface area contributed by atoms with Crippen LogP contribution in [0.2, 0.25) is 0 Å². The summed E-state index contributed by atoms with van der Waals surface area (Å²) in [5.41, 5.74) is 9.33. The van der Waals surface area contributed by atoms with Gasteiger partial charge in [-0.2, -0.15) is 0 Å². The van der Waals surface area contributed by atoms with Gasteiger partial charge in [-0.3, -0.25) is 24.0 Å². The normalized spacial score (nSPS) is 16.3. The lowest BCUT2D eigenvalue weighted by Gasteiger charge is -2.38. The van der Waals surface area contributed by atoms with Crippen LogP contribution in [0.4, 0.5) is 28.4 Å². The van der Waals surface area contributed by atoms with Crippen LogP contribution in [-0.2, 0) is 0 Å². The zero-order valence-electron chi connectivity index (χ0n) is 76.4. The van der Waals surface area contributed by atoms with Gasteiger partial charge in [0.05, 0.1) is 41.2 Å². The summed E-state index contributed by atoms with van der Waals surface area (Å²) in [6.45, 7) is 19.7. The van der Waals surface area contributed by atoms with Crippen LogP contribution in [0.15, 0.2) is 258 Å². The summed E-state index contributed by atoms with van der Waals surface area (Å²) in [5.74, 6) is 1.34. The maximum absolute atomic E-state index is 12.6. The molecule has 2 atom stereocenters. The van der Waals surface area contributed by atoms with Crippen LogP contribution in [0.3, 0.4) is 0 Å². The van der Waals surface area contributed by atoms with Crippen LogP contribution < -0.4 is 61.1 Å². The maximum Gasteiger partial charge on any atom is 0.204 e. The van der Waals surface area contributed by atoms with Crippen molar-refractivity contribution >= 4 is 83.3 Å². The SMILES string of the molecule is CC1(C)CCN(c2ccc(-c3cc(=O)c4ccc(O)c(O)c4o3)cc2)CC1.CC1CC(C)CN(c2ccc(-c3cc(=O)c4ccc(O)c(O)c4o3)cc2)C1.CN(C)C1CCN(c2ccc(-c3cc(=O)c4ccc(O)c(O)c4o3)cc2)CC1.COc1ccc2c(=O)cc(-c3ccc(N4CCCCC4)cc3)oc2c1OC.O=c1cc(-c2ccc(N3CCCCC3)cc2)oc2c(O)c(O)ccc12. The fraction of sp³-hybridized carbons (Fsp3) is 0.306. The van der Waals surface area contributed by atoms with Crippen LogP contribution in [0, 0.1) is 17.3 Å². The lowest BCUT2D eigenvalue weighted by atomic mass is 9.82. The molecule has 0 saturated carbocycles. The molecule has 0 amide bonds. The van der Waals surface area contributed by atoms with E-state index < -0.39 is 23.0 Å². The number of hydrogen-bond acceptors (Lipinski definition) is 26. The summed E-state index contributed by atoms with van der Waals surface area (Å²) in [5, 5.41) is 80.1. The van der Waals surface area contributed by atoms with E-state index in [-0.39, 0.29) is 94.0 Å². The Morgan fingerprint density at radius 1 is 0.321 bits per heavy atom. The van der Waals surface area contributed by atoms with Crippen molar-refractivity contribution in [2.45, 2.75) is 104 Å². The zero-order chi connectivity index (χ0) is 94.3. The van der Waals surface area contributed by atoms with Crippen molar-refractivity contribution in [3.63, 3.8) is 0 Å². The molecule has 10 aromatic carbocycles. The molecule has 694 valence electrons. The fourth-order valence-electron chi connectivity index (χ4n) is 18.4. The molecule has 26 heteroatoms. The molecule has 15 aromatic rings. The number of nitrogens with zero attached hydrogens (tertiary/aromatic N) is 6. The van der Waals surface area contributed by atoms with Crippen LogP contribution in [0.25, 0.3) is 111 Å². The number of phenols is 8. The third-order valence-electron chi connectivity index (χ3n) is 26.1. The highest BCUT2D eigenvalue weighted by Crippen LogP contribution is 2.43. The molecule has 5 aromatic heterocycles. The predicted molar refractivity (Wildman–Crippen MR) is 527 cm³/mol. The van der Waals surface area contributed by atoms with E-state index in [1.807, 2.05) is 109 Å². The molecule has 0 spiro atoms. The molecule has 0 radical (unpaired) electrons. The van der Waals surface area contributed by atoms with Crippen LogP contribution in [0.1, 0.15) is 98.3 Å². The minimum absolute atomic E-state index is 0.000150. The molecule has 0 bridgehead atoms. The lowest BCUT2D eigenvalue weighted by molar-refractivity contribution is 0.249. The summed E-state index contributed by atoms with van der Waals surface area (Å²) in [6.07, 6.45) is 13.4. The van der Waals surface area contributed by atoms with Gasteiger partial charge < -0.3 is 102 Å². The van der Waals surface area contributed by atoms with Gasteiger partial charge in [0.2, 0.25) is 28.7 Å². The molecule has 8 N–H and O–H groups in total. The number of phenolic OH excluding ortho intramolecular Hbond substituents is 8. The first-order valence-electron chi connectivity index (χ1n) is 45.6. The molecule has 134 heavy (non-hydrogen) atoms. The second-order valence-corrected chi connectivity index (χ2v) is 36.3. The number of aromatic hydroxyl groups is 8. The Bertz CT molecular complexity index is 7050. The number of hydrogen-bond donors (Lipinski definition) is 8. The molecule has 5 aliphatic rings. The first kappa shape index (κ1) is 92.5. The van der Waals surface area contributed by atoms with Crippen LogP contribution >= 0.6 is 0 Å². The van der Waals surface area contributed by atoms with Crippen LogP contribution in [0.5, 0.6) is 57.5 Å². The van der Waals surface area contributed by atoms with Crippen molar-refractivity contribution in [2.24, 2.45) is 17.3 Å². The summed E-state index contributed by atoms with van der Waals surface area (Å²) in [7, 11) is 7.36. The predicted octanol–water partition coefficient (Wildman–Crippen LogP) is 20.6. The number of piperidine rings is 5. The number of anilines is 5.